The van der Waals surface area contributed by atoms with Crippen molar-refractivity contribution in [1.29, 1.82) is 0 Å². The number of halogens is 1. The predicted octanol–water partition coefficient (Wildman–Crippen LogP) is 2.94. The summed E-state index contributed by atoms with van der Waals surface area (Å²) < 4.78 is 10.2. The van der Waals surface area contributed by atoms with Gasteiger partial charge in [-0.15, -0.1) is 0 Å². The quantitative estimate of drug-likeness (QED) is 0.872. The molecule has 0 bridgehead atoms. The van der Waals surface area contributed by atoms with Crippen LogP contribution >= 0.6 is 11.6 Å². The van der Waals surface area contributed by atoms with Crippen LogP contribution in [0.25, 0.3) is 0 Å². The number of aryl methyl sites for hydroxylation is 1. The second kappa shape index (κ2) is 6.91. The van der Waals surface area contributed by atoms with Crippen LogP contribution in [0.2, 0.25) is 5.02 Å². The lowest BCUT2D eigenvalue weighted by Gasteiger charge is -2.22. The van der Waals surface area contributed by atoms with Gasteiger partial charge in [0.25, 0.3) is 5.91 Å². The van der Waals surface area contributed by atoms with Crippen LogP contribution in [-0.4, -0.2) is 31.7 Å². The SMILES string of the molecule is COC(=O)c1cc(Cl)cc(C)c1NC(=O)C1CCCCO1. The van der Waals surface area contributed by atoms with Gasteiger partial charge < -0.3 is 14.8 Å². The highest BCUT2D eigenvalue weighted by Gasteiger charge is 2.24. The molecule has 114 valence electrons. The third kappa shape index (κ3) is 3.74. The van der Waals surface area contributed by atoms with E-state index in [0.29, 0.717) is 29.3 Å². The number of benzene rings is 1. The number of carbonyl (C=O) groups is 2. The van der Waals surface area contributed by atoms with Crippen LogP contribution < -0.4 is 5.32 Å². The van der Waals surface area contributed by atoms with Crippen molar-refractivity contribution in [2.75, 3.05) is 19.0 Å². The number of nitrogens with one attached hydrogen (secondary N) is 1. The fourth-order valence-corrected chi connectivity index (χ4v) is 2.60. The van der Waals surface area contributed by atoms with E-state index in [2.05, 4.69) is 5.32 Å². The van der Waals surface area contributed by atoms with Crippen molar-refractivity contribution in [2.24, 2.45) is 0 Å². The van der Waals surface area contributed by atoms with E-state index in [9.17, 15) is 9.59 Å². The van der Waals surface area contributed by atoms with Gasteiger partial charge in [-0.25, -0.2) is 4.79 Å². The van der Waals surface area contributed by atoms with Crippen molar-refractivity contribution in [3.05, 3.63) is 28.3 Å². The maximum absolute atomic E-state index is 12.2. The van der Waals surface area contributed by atoms with Crippen molar-refractivity contribution in [1.82, 2.24) is 0 Å². The van der Waals surface area contributed by atoms with Gasteiger partial charge in [0.05, 0.1) is 18.4 Å². The van der Waals surface area contributed by atoms with Crippen LogP contribution in [0.1, 0.15) is 35.2 Å². The molecule has 1 aliphatic heterocycles. The van der Waals surface area contributed by atoms with E-state index >= 15 is 0 Å². The summed E-state index contributed by atoms with van der Waals surface area (Å²) in [4.78, 5) is 24.1. The molecule has 1 atom stereocenters. The molecule has 6 heteroatoms. The Morgan fingerprint density at radius 2 is 2.14 bits per heavy atom. The molecule has 1 amide bonds. The van der Waals surface area contributed by atoms with E-state index in [-0.39, 0.29) is 11.5 Å². The smallest absolute Gasteiger partial charge is 0.340 e. The Hall–Kier alpha value is -1.59. The second-order valence-electron chi connectivity index (χ2n) is 4.98. The Kier molecular flexibility index (Phi) is 5.20. The number of hydrogen-bond donors (Lipinski definition) is 1. The van der Waals surface area contributed by atoms with E-state index in [0.717, 1.165) is 12.8 Å². The van der Waals surface area contributed by atoms with Gasteiger partial charge in [-0.2, -0.15) is 0 Å². The van der Waals surface area contributed by atoms with E-state index < -0.39 is 12.1 Å². The van der Waals surface area contributed by atoms with Crippen LogP contribution in [0.15, 0.2) is 12.1 Å². The molecule has 0 aliphatic carbocycles. The van der Waals surface area contributed by atoms with Gasteiger partial charge in [0.1, 0.15) is 6.10 Å². The fraction of sp³-hybridized carbons (Fsp3) is 0.467. The molecule has 1 aromatic rings. The number of rotatable bonds is 3. The molecule has 0 aromatic heterocycles. The van der Waals surface area contributed by atoms with Crippen molar-refractivity contribution in [3.63, 3.8) is 0 Å². The van der Waals surface area contributed by atoms with Crippen molar-refractivity contribution >= 4 is 29.2 Å². The van der Waals surface area contributed by atoms with Gasteiger partial charge in [-0.1, -0.05) is 11.6 Å². The van der Waals surface area contributed by atoms with E-state index in [4.69, 9.17) is 21.1 Å². The normalized spacial score (nSPS) is 18.1. The standard InChI is InChI=1S/C15H18ClNO4/c1-9-7-10(16)8-11(15(19)20-2)13(9)17-14(18)12-5-3-4-6-21-12/h7-8,12H,3-6H2,1-2H3,(H,17,18). The average Bonchev–Trinajstić information content (AvgIpc) is 2.49. The molecule has 1 unspecified atom stereocenters. The molecule has 1 N–H and O–H groups in total. The summed E-state index contributed by atoms with van der Waals surface area (Å²) in [5, 5.41) is 3.18. The molecule has 1 saturated heterocycles. The molecule has 2 rings (SSSR count). The van der Waals surface area contributed by atoms with E-state index in [1.54, 1.807) is 13.0 Å². The molecule has 1 heterocycles. The highest BCUT2D eigenvalue weighted by molar-refractivity contribution is 6.31. The monoisotopic (exact) mass is 311 g/mol. The lowest BCUT2D eigenvalue weighted by Crippen LogP contribution is -2.33. The minimum absolute atomic E-state index is 0.242. The van der Waals surface area contributed by atoms with Crippen molar-refractivity contribution < 1.29 is 19.1 Å². The Morgan fingerprint density at radius 1 is 1.38 bits per heavy atom. The van der Waals surface area contributed by atoms with Crippen LogP contribution in [0.5, 0.6) is 0 Å². The zero-order valence-electron chi connectivity index (χ0n) is 12.1. The summed E-state index contributed by atoms with van der Waals surface area (Å²) in [5.41, 5.74) is 1.36. The molecule has 1 aromatic carbocycles. The second-order valence-corrected chi connectivity index (χ2v) is 5.42. The minimum Gasteiger partial charge on any atom is -0.465 e. The average molecular weight is 312 g/mol. The third-order valence-electron chi connectivity index (χ3n) is 3.43. The van der Waals surface area contributed by atoms with Gasteiger partial charge in [0.2, 0.25) is 0 Å². The number of amides is 1. The molecule has 0 saturated carbocycles. The Morgan fingerprint density at radius 3 is 2.76 bits per heavy atom. The number of anilines is 1. The van der Waals surface area contributed by atoms with Gasteiger partial charge in [-0.3, -0.25) is 4.79 Å². The van der Waals surface area contributed by atoms with E-state index in [1.807, 2.05) is 0 Å². The lowest BCUT2D eigenvalue weighted by molar-refractivity contribution is -0.129. The molecule has 0 spiro atoms. The summed E-state index contributed by atoms with van der Waals surface area (Å²) in [6, 6.07) is 3.17. The topological polar surface area (TPSA) is 64.6 Å². The first kappa shape index (κ1) is 15.8. The Labute approximate surface area is 128 Å². The van der Waals surface area contributed by atoms with Crippen LogP contribution in [0.3, 0.4) is 0 Å². The molecule has 1 aliphatic rings. The molecular weight excluding hydrogens is 294 g/mol. The number of carbonyl (C=O) groups excluding carboxylic acids is 2. The fourth-order valence-electron chi connectivity index (χ4n) is 2.33. The van der Waals surface area contributed by atoms with Gasteiger partial charge in [0, 0.05) is 11.6 Å². The first-order chi connectivity index (χ1) is 10.0. The van der Waals surface area contributed by atoms with Gasteiger partial charge >= 0.3 is 5.97 Å². The molecular formula is C15H18ClNO4. The molecule has 5 nitrogen and oxygen atoms in total. The number of hydrogen-bond acceptors (Lipinski definition) is 4. The Balaban J connectivity index is 2.25. The third-order valence-corrected chi connectivity index (χ3v) is 3.64. The highest BCUT2D eigenvalue weighted by Crippen LogP contribution is 2.27. The minimum atomic E-state index is -0.541. The largest absolute Gasteiger partial charge is 0.465 e. The summed E-state index contributed by atoms with van der Waals surface area (Å²) in [6.07, 6.45) is 2.14. The zero-order chi connectivity index (χ0) is 15.4. The predicted molar refractivity (Wildman–Crippen MR) is 79.7 cm³/mol. The van der Waals surface area contributed by atoms with Crippen molar-refractivity contribution in [3.8, 4) is 0 Å². The Bertz CT molecular complexity index is 553. The molecule has 0 radical (unpaired) electrons. The van der Waals surface area contributed by atoms with Crippen molar-refractivity contribution in [2.45, 2.75) is 32.3 Å². The lowest BCUT2D eigenvalue weighted by atomic mass is 10.1. The molecule has 21 heavy (non-hydrogen) atoms. The van der Waals surface area contributed by atoms with Crippen LogP contribution in [-0.2, 0) is 14.3 Å². The molecule has 1 fully saturated rings. The maximum Gasteiger partial charge on any atom is 0.340 e. The van der Waals surface area contributed by atoms with Crippen LogP contribution in [0.4, 0.5) is 5.69 Å². The first-order valence-corrected chi connectivity index (χ1v) is 7.21. The highest BCUT2D eigenvalue weighted by atomic mass is 35.5. The van der Waals surface area contributed by atoms with E-state index in [1.165, 1.54) is 13.2 Å². The summed E-state index contributed by atoms with van der Waals surface area (Å²) in [5.74, 6) is -0.786. The maximum atomic E-state index is 12.2. The summed E-state index contributed by atoms with van der Waals surface area (Å²) >= 11 is 5.96. The first-order valence-electron chi connectivity index (χ1n) is 6.84. The number of ether oxygens (including phenoxy) is 2. The van der Waals surface area contributed by atoms with Crippen LogP contribution in [0, 0.1) is 6.92 Å². The zero-order valence-corrected chi connectivity index (χ0v) is 12.8. The summed E-state index contributed by atoms with van der Waals surface area (Å²) in [7, 11) is 1.29. The number of methoxy groups -OCH3 is 1. The van der Waals surface area contributed by atoms with Gasteiger partial charge in [-0.05, 0) is 43.9 Å². The van der Waals surface area contributed by atoms with Gasteiger partial charge in [0.15, 0.2) is 0 Å². The summed E-state index contributed by atoms with van der Waals surface area (Å²) in [6.45, 7) is 2.36. The number of esters is 1.